The summed E-state index contributed by atoms with van der Waals surface area (Å²) in [5, 5.41) is 3.27. The highest BCUT2D eigenvalue weighted by Gasteiger charge is 2.03. The van der Waals surface area contributed by atoms with E-state index in [1.165, 1.54) is 5.56 Å². The number of halogens is 1. The maximum Gasteiger partial charge on any atom is 0.173 e. The molecule has 4 heteroatoms. The van der Waals surface area contributed by atoms with Gasteiger partial charge in [0.2, 0.25) is 0 Å². The van der Waals surface area contributed by atoms with Crippen LogP contribution in [-0.4, -0.2) is 18.0 Å². The number of methoxy groups -OCH3 is 1. The van der Waals surface area contributed by atoms with Crippen LogP contribution in [0.1, 0.15) is 12.0 Å². The molecular weight excluding hydrogens is 260 g/mol. The molecule has 0 atom stereocenters. The second kappa shape index (κ2) is 7.00. The van der Waals surface area contributed by atoms with Gasteiger partial charge in [0, 0.05) is 17.8 Å². The Morgan fingerprint density at radius 1 is 1.26 bits per heavy atom. The summed E-state index contributed by atoms with van der Waals surface area (Å²) >= 11 is 5.72. The highest BCUT2D eigenvalue weighted by molar-refractivity contribution is 6.17. The van der Waals surface area contributed by atoms with Gasteiger partial charge in [0.25, 0.3) is 0 Å². The third-order valence-corrected chi connectivity index (χ3v) is 3.05. The highest BCUT2D eigenvalue weighted by atomic mass is 35.5. The molecule has 0 aliphatic carbocycles. The smallest absolute Gasteiger partial charge is 0.173 e. The van der Waals surface area contributed by atoms with Gasteiger partial charge < -0.3 is 10.1 Å². The first kappa shape index (κ1) is 13.7. The average Bonchev–Trinajstić information content (AvgIpc) is 2.46. The van der Waals surface area contributed by atoms with Gasteiger partial charge in [-0.25, -0.2) is 4.98 Å². The zero-order valence-electron chi connectivity index (χ0n) is 10.9. The van der Waals surface area contributed by atoms with Crippen molar-refractivity contribution in [3.8, 4) is 5.75 Å². The molecule has 2 rings (SSSR count). The summed E-state index contributed by atoms with van der Waals surface area (Å²) in [6.45, 7) is 0. The van der Waals surface area contributed by atoms with Crippen molar-refractivity contribution in [2.24, 2.45) is 0 Å². The van der Waals surface area contributed by atoms with Crippen molar-refractivity contribution in [3.63, 3.8) is 0 Å². The zero-order valence-corrected chi connectivity index (χ0v) is 11.7. The molecule has 0 saturated carbocycles. The lowest BCUT2D eigenvalue weighted by Gasteiger charge is -2.10. The van der Waals surface area contributed by atoms with E-state index in [0.717, 1.165) is 30.1 Å². The first-order valence-corrected chi connectivity index (χ1v) is 6.78. The number of anilines is 2. The minimum atomic E-state index is 0.686. The molecule has 1 aromatic carbocycles. The van der Waals surface area contributed by atoms with Gasteiger partial charge in [-0.3, -0.25) is 0 Å². The largest absolute Gasteiger partial charge is 0.493 e. The molecule has 0 amide bonds. The number of aryl methyl sites for hydroxylation is 1. The number of benzene rings is 1. The Bertz CT molecular complexity index is 531. The Morgan fingerprint density at radius 3 is 2.95 bits per heavy atom. The molecule has 0 fully saturated rings. The maximum atomic E-state index is 5.72. The molecule has 19 heavy (non-hydrogen) atoms. The van der Waals surface area contributed by atoms with Gasteiger partial charge in [-0.05, 0) is 42.7 Å². The van der Waals surface area contributed by atoms with E-state index in [-0.39, 0.29) is 0 Å². The number of pyridine rings is 1. The standard InChI is InChI=1S/C15H17ClN2O/c1-19-14-8-4-10-17-15(14)18-13-7-2-5-12(11-13)6-3-9-16/h2,4-5,7-8,10-11H,3,6,9H2,1H3,(H,17,18). The monoisotopic (exact) mass is 276 g/mol. The fourth-order valence-electron chi connectivity index (χ4n) is 1.86. The Kier molecular flexibility index (Phi) is 5.04. The van der Waals surface area contributed by atoms with Crippen LogP contribution in [-0.2, 0) is 6.42 Å². The molecule has 100 valence electrons. The summed E-state index contributed by atoms with van der Waals surface area (Å²) in [6.07, 6.45) is 3.71. The summed E-state index contributed by atoms with van der Waals surface area (Å²) in [6, 6.07) is 12.0. The quantitative estimate of drug-likeness (QED) is 0.810. The van der Waals surface area contributed by atoms with Crippen molar-refractivity contribution in [2.45, 2.75) is 12.8 Å². The number of aromatic nitrogens is 1. The summed E-state index contributed by atoms with van der Waals surface area (Å²) in [5.74, 6) is 2.14. The summed E-state index contributed by atoms with van der Waals surface area (Å²) < 4.78 is 5.27. The van der Waals surface area contributed by atoms with Crippen LogP contribution in [0.15, 0.2) is 42.6 Å². The molecular formula is C15H17ClN2O. The highest BCUT2D eigenvalue weighted by Crippen LogP contribution is 2.25. The Balaban J connectivity index is 2.14. The van der Waals surface area contributed by atoms with Crippen LogP contribution in [0.5, 0.6) is 5.75 Å². The van der Waals surface area contributed by atoms with E-state index >= 15 is 0 Å². The fourth-order valence-corrected chi connectivity index (χ4v) is 2.00. The minimum absolute atomic E-state index is 0.686. The normalized spacial score (nSPS) is 10.2. The zero-order chi connectivity index (χ0) is 13.5. The number of nitrogens with one attached hydrogen (secondary N) is 1. The van der Waals surface area contributed by atoms with Gasteiger partial charge in [-0.1, -0.05) is 12.1 Å². The lowest BCUT2D eigenvalue weighted by Crippen LogP contribution is -1.97. The lowest BCUT2D eigenvalue weighted by atomic mass is 10.1. The van der Waals surface area contributed by atoms with E-state index in [4.69, 9.17) is 16.3 Å². The molecule has 2 aromatic rings. The van der Waals surface area contributed by atoms with E-state index in [1.807, 2.05) is 24.3 Å². The number of hydrogen-bond acceptors (Lipinski definition) is 3. The third kappa shape index (κ3) is 3.86. The van der Waals surface area contributed by atoms with E-state index in [2.05, 4.69) is 22.4 Å². The second-order valence-electron chi connectivity index (χ2n) is 4.17. The molecule has 0 radical (unpaired) electrons. The molecule has 1 N–H and O–H groups in total. The maximum absolute atomic E-state index is 5.72. The predicted molar refractivity (Wildman–Crippen MR) is 79.6 cm³/mol. The van der Waals surface area contributed by atoms with Crippen molar-refractivity contribution >= 4 is 23.1 Å². The number of nitrogens with zero attached hydrogens (tertiary/aromatic N) is 1. The van der Waals surface area contributed by atoms with Gasteiger partial charge >= 0.3 is 0 Å². The van der Waals surface area contributed by atoms with Crippen LogP contribution >= 0.6 is 11.6 Å². The number of rotatable bonds is 6. The van der Waals surface area contributed by atoms with E-state index < -0.39 is 0 Å². The van der Waals surface area contributed by atoms with Gasteiger partial charge in [-0.15, -0.1) is 11.6 Å². The summed E-state index contributed by atoms with van der Waals surface area (Å²) in [5.41, 5.74) is 2.27. The summed E-state index contributed by atoms with van der Waals surface area (Å²) in [7, 11) is 1.64. The van der Waals surface area contributed by atoms with E-state index in [0.29, 0.717) is 5.88 Å². The molecule has 0 bridgehead atoms. The second-order valence-corrected chi connectivity index (χ2v) is 4.55. The van der Waals surface area contributed by atoms with Crippen LogP contribution in [0.2, 0.25) is 0 Å². The Hall–Kier alpha value is -1.74. The van der Waals surface area contributed by atoms with Gasteiger partial charge in [0.1, 0.15) is 0 Å². The van der Waals surface area contributed by atoms with Crippen molar-refractivity contribution in [1.29, 1.82) is 0 Å². The van der Waals surface area contributed by atoms with Crippen LogP contribution in [0.25, 0.3) is 0 Å². The molecule has 0 aliphatic rings. The van der Waals surface area contributed by atoms with Gasteiger partial charge in [0.15, 0.2) is 11.6 Å². The molecule has 1 heterocycles. The first-order valence-electron chi connectivity index (χ1n) is 6.24. The average molecular weight is 277 g/mol. The van der Waals surface area contributed by atoms with Gasteiger partial charge in [0.05, 0.1) is 7.11 Å². The van der Waals surface area contributed by atoms with Crippen molar-refractivity contribution in [3.05, 3.63) is 48.2 Å². The van der Waals surface area contributed by atoms with E-state index in [1.54, 1.807) is 13.3 Å². The van der Waals surface area contributed by atoms with Crippen LogP contribution in [0, 0.1) is 0 Å². The Labute approximate surface area is 118 Å². The molecule has 0 spiro atoms. The van der Waals surface area contributed by atoms with Crippen molar-refractivity contribution in [1.82, 2.24) is 4.98 Å². The van der Waals surface area contributed by atoms with Gasteiger partial charge in [-0.2, -0.15) is 0 Å². The molecule has 0 unspecified atom stereocenters. The number of ether oxygens (including phenoxy) is 1. The first-order chi connectivity index (χ1) is 9.33. The molecule has 1 aromatic heterocycles. The predicted octanol–water partition coefficient (Wildman–Crippen LogP) is 4.01. The van der Waals surface area contributed by atoms with Crippen LogP contribution in [0.4, 0.5) is 11.5 Å². The Morgan fingerprint density at radius 2 is 2.16 bits per heavy atom. The SMILES string of the molecule is COc1cccnc1Nc1cccc(CCCCl)c1. The fraction of sp³-hybridized carbons (Fsp3) is 0.267. The van der Waals surface area contributed by atoms with Crippen LogP contribution < -0.4 is 10.1 Å². The topological polar surface area (TPSA) is 34.1 Å². The minimum Gasteiger partial charge on any atom is -0.493 e. The van der Waals surface area contributed by atoms with Crippen molar-refractivity contribution < 1.29 is 4.74 Å². The number of hydrogen-bond donors (Lipinski definition) is 1. The van der Waals surface area contributed by atoms with Crippen molar-refractivity contribution in [2.75, 3.05) is 18.3 Å². The van der Waals surface area contributed by atoms with E-state index in [9.17, 15) is 0 Å². The molecule has 0 aliphatic heterocycles. The van der Waals surface area contributed by atoms with Crippen LogP contribution in [0.3, 0.4) is 0 Å². The molecule has 0 saturated heterocycles. The third-order valence-electron chi connectivity index (χ3n) is 2.78. The lowest BCUT2D eigenvalue weighted by molar-refractivity contribution is 0.415. The molecule has 3 nitrogen and oxygen atoms in total. The number of alkyl halides is 1. The summed E-state index contributed by atoms with van der Waals surface area (Å²) in [4.78, 5) is 4.28.